The topological polar surface area (TPSA) is 37.3 Å². The van der Waals surface area contributed by atoms with Gasteiger partial charge in [-0.3, -0.25) is 4.79 Å². The summed E-state index contributed by atoms with van der Waals surface area (Å²) in [5.41, 5.74) is 0.162. The minimum atomic E-state index is -3.22. The molecular formula is C10H6Cl2F2O2. The minimum Gasteiger partial charge on any atom is -0.481 e. The van der Waals surface area contributed by atoms with Crippen LogP contribution >= 0.6 is 23.2 Å². The molecule has 2 atom stereocenters. The lowest BCUT2D eigenvalue weighted by Gasteiger charge is -2.00. The van der Waals surface area contributed by atoms with Gasteiger partial charge in [-0.1, -0.05) is 23.2 Å². The monoisotopic (exact) mass is 266 g/mol. The first-order chi connectivity index (χ1) is 7.34. The predicted octanol–water partition coefficient (Wildman–Crippen LogP) is 3.43. The molecule has 1 fully saturated rings. The average molecular weight is 267 g/mol. The van der Waals surface area contributed by atoms with Crippen LogP contribution in [0.1, 0.15) is 11.5 Å². The van der Waals surface area contributed by atoms with Crippen molar-refractivity contribution in [3.05, 3.63) is 33.8 Å². The number of alkyl halides is 2. The maximum atomic E-state index is 13.2. The van der Waals surface area contributed by atoms with Crippen LogP contribution in [-0.4, -0.2) is 17.0 Å². The van der Waals surface area contributed by atoms with Gasteiger partial charge in [0.05, 0.1) is 5.92 Å². The first-order valence-electron chi connectivity index (χ1n) is 4.40. The zero-order chi connectivity index (χ0) is 12.1. The van der Waals surface area contributed by atoms with E-state index < -0.39 is 23.7 Å². The van der Waals surface area contributed by atoms with E-state index in [0.29, 0.717) is 0 Å². The number of aliphatic carboxylic acids is 1. The van der Waals surface area contributed by atoms with E-state index in [1.165, 1.54) is 18.2 Å². The van der Waals surface area contributed by atoms with Crippen molar-refractivity contribution in [2.45, 2.75) is 11.8 Å². The van der Waals surface area contributed by atoms with Gasteiger partial charge in [-0.05, 0) is 23.8 Å². The van der Waals surface area contributed by atoms with E-state index in [2.05, 4.69) is 0 Å². The molecule has 1 aliphatic rings. The van der Waals surface area contributed by atoms with Crippen LogP contribution in [0.5, 0.6) is 0 Å². The molecular weight excluding hydrogens is 261 g/mol. The Kier molecular flexibility index (Phi) is 2.59. The number of rotatable bonds is 2. The summed E-state index contributed by atoms with van der Waals surface area (Å²) in [6, 6.07) is 4.03. The molecule has 0 amide bonds. The van der Waals surface area contributed by atoms with Crippen LogP contribution < -0.4 is 0 Å². The molecule has 0 spiro atoms. The second-order valence-corrected chi connectivity index (χ2v) is 4.54. The fraction of sp³-hybridized carbons (Fsp3) is 0.300. The first kappa shape index (κ1) is 11.6. The van der Waals surface area contributed by atoms with Crippen molar-refractivity contribution in [3.8, 4) is 0 Å². The molecule has 16 heavy (non-hydrogen) atoms. The highest BCUT2D eigenvalue weighted by Gasteiger charge is 2.72. The Morgan fingerprint density at radius 3 is 2.12 bits per heavy atom. The molecule has 0 heterocycles. The molecule has 0 aliphatic heterocycles. The van der Waals surface area contributed by atoms with Gasteiger partial charge in [0.2, 0.25) is 0 Å². The van der Waals surface area contributed by atoms with Crippen LogP contribution in [0, 0.1) is 5.92 Å². The highest BCUT2D eigenvalue weighted by Crippen LogP contribution is 2.61. The van der Waals surface area contributed by atoms with Gasteiger partial charge in [-0.25, -0.2) is 8.78 Å². The van der Waals surface area contributed by atoms with Crippen molar-refractivity contribution in [3.63, 3.8) is 0 Å². The van der Waals surface area contributed by atoms with Crippen molar-refractivity contribution in [2.75, 3.05) is 0 Å². The molecule has 0 saturated heterocycles. The lowest BCUT2D eigenvalue weighted by atomic mass is 10.1. The minimum absolute atomic E-state index is 0.162. The zero-order valence-electron chi connectivity index (χ0n) is 7.75. The standard InChI is InChI=1S/C10H6Cl2F2O2/c11-5-1-4(2-6(12)3-5)7-8(9(15)16)10(7,13)14/h1-3,7-8H,(H,15,16). The summed E-state index contributed by atoms with van der Waals surface area (Å²) in [7, 11) is 0. The van der Waals surface area contributed by atoms with E-state index in [1.807, 2.05) is 0 Å². The number of carboxylic acid groups (broad SMARTS) is 1. The largest absolute Gasteiger partial charge is 0.481 e. The quantitative estimate of drug-likeness (QED) is 0.891. The number of carbonyl (C=O) groups is 1. The van der Waals surface area contributed by atoms with Gasteiger partial charge in [0.1, 0.15) is 5.92 Å². The molecule has 1 aromatic rings. The molecule has 0 radical (unpaired) electrons. The third-order valence-electron chi connectivity index (χ3n) is 2.56. The lowest BCUT2D eigenvalue weighted by Crippen LogP contribution is -2.04. The normalized spacial score (nSPS) is 26.5. The second-order valence-electron chi connectivity index (χ2n) is 3.67. The van der Waals surface area contributed by atoms with E-state index in [4.69, 9.17) is 28.3 Å². The molecule has 2 unspecified atom stereocenters. The fourth-order valence-corrected chi connectivity index (χ4v) is 2.35. The molecule has 86 valence electrons. The lowest BCUT2D eigenvalue weighted by molar-refractivity contribution is -0.140. The van der Waals surface area contributed by atoms with E-state index in [-0.39, 0.29) is 15.6 Å². The SMILES string of the molecule is O=C(O)C1C(c2cc(Cl)cc(Cl)c2)C1(F)F. The molecule has 0 aromatic heterocycles. The van der Waals surface area contributed by atoms with Crippen LogP contribution in [0.3, 0.4) is 0 Å². The van der Waals surface area contributed by atoms with E-state index in [0.717, 1.165) is 0 Å². The second kappa shape index (κ2) is 3.57. The zero-order valence-corrected chi connectivity index (χ0v) is 9.27. The van der Waals surface area contributed by atoms with Gasteiger partial charge in [0, 0.05) is 10.0 Å². The Hall–Kier alpha value is -0.870. The molecule has 0 bridgehead atoms. The molecule has 1 aromatic carbocycles. The van der Waals surface area contributed by atoms with E-state index >= 15 is 0 Å². The Bertz CT molecular complexity index is 442. The molecule has 2 nitrogen and oxygen atoms in total. The third kappa shape index (κ3) is 1.76. The van der Waals surface area contributed by atoms with Crippen molar-refractivity contribution < 1.29 is 18.7 Å². The van der Waals surface area contributed by atoms with Gasteiger partial charge in [0.25, 0.3) is 5.92 Å². The number of hydrogen-bond donors (Lipinski definition) is 1. The van der Waals surface area contributed by atoms with Crippen molar-refractivity contribution in [1.82, 2.24) is 0 Å². The number of carboxylic acids is 1. The smallest absolute Gasteiger partial charge is 0.313 e. The van der Waals surface area contributed by atoms with Gasteiger partial charge in [-0.15, -0.1) is 0 Å². The Balaban J connectivity index is 2.37. The van der Waals surface area contributed by atoms with E-state index in [1.54, 1.807) is 0 Å². The van der Waals surface area contributed by atoms with Gasteiger partial charge in [0.15, 0.2) is 0 Å². The number of halogens is 4. The fourth-order valence-electron chi connectivity index (χ4n) is 1.80. The van der Waals surface area contributed by atoms with Crippen LogP contribution in [0.4, 0.5) is 8.78 Å². The van der Waals surface area contributed by atoms with Crippen LogP contribution in [0.15, 0.2) is 18.2 Å². The summed E-state index contributed by atoms with van der Waals surface area (Å²) < 4.78 is 26.4. The summed E-state index contributed by atoms with van der Waals surface area (Å²) in [5.74, 6) is -7.74. The highest BCUT2D eigenvalue weighted by molar-refractivity contribution is 6.34. The molecule has 1 N–H and O–H groups in total. The molecule has 6 heteroatoms. The number of hydrogen-bond acceptors (Lipinski definition) is 1. The molecule has 2 rings (SSSR count). The van der Waals surface area contributed by atoms with Crippen LogP contribution in [0.2, 0.25) is 10.0 Å². The van der Waals surface area contributed by atoms with Crippen LogP contribution in [0.25, 0.3) is 0 Å². The third-order valence-corrected chi connectivity index (χ3v) is 3.00. The van der Waals surface area contributed by atoms with E-state index in [9.17, 15) is 13.6 Å². The number of benzene rings is 1. The van der Waals surface area contributed by atoms with Crippen molar-refractivity contribution in [1.29, 1.82) is 0 Å². The summed E-state index contributed by atoms with van der Waals surface area (Å²) in [4.78, 5) is 10.6. The van der Waals surface area contributed by atoms with Gasteiger partial charge < -0.3 is 5.11 Å². The summed E-state index contributed by atoms with van der Waals surface area (Å²) in [5, 5.41) is 9.05. The summed E-state index contributed by atoms with van der Waals surface area (Å²) >= 11 is 11.3. The van der Waals surface area contributed by atoms with Crippen LogP contribution in [-0.2, 0) is 4.79 Å². The first-order valence-corrected chi connectivity index (χ1v) is 5.16. The van der Waals surface area contributed by atoms with Crippen molar-refractivity contribution >= 4 is 29.2 Å². The predicted molar refractivity (Wildman–Crippen MR) is 55.3 cm³/mol. The van der Waals surface area contributed by atoms with Gasteiger partial charge >= 0.3 is 5.97 Å². The Morgan fingerprint density at radius 1 is 1.25 bits per heavy atom. The highest BCUT2D eigenvalue weighted by atomic mass is 35.5. The summed E-state index contributed by atoms with van der Waals surface area (Å²) in [6.45, 7) is 0. The Morgan fingerprint density at radius 2 is 1.75 bits per heavy atom. The average Bonchev–Trinajstić information content (AvgIpc) is 2.67. The maximum absolute atomic E-state index is 13.2. The van der Waals surface area contributed by atoms with Crippen molar-refractivity contribution in [2.24, 2.45) is 5.92 Å². The molecule has 1 aliphatic carbocycles. The Labute approximate surface area is 99.8 Å². The molecule has 1 saturated carbocycles. The summed E-state index contributed by atoms with van der Waals surface area (Å²) in [6.07, 6.45) is 0. The maximum Gasteiger partial charge on any atom is 0.313 e. The van der Waals surface area contributed by atoms with Gasteiger partial charge in [-0.2, -0.15) is 0 Å².